The van der Waals surface area contributed by atoms with Gasteiger partial charge in [0, 0.05) is 6.42 Å². The molecule has 1 heterocycles. The van der Waals surface area contributed by atoms with Gasteiger partial charge in [0.05, 0.1) is 13.1 Å². The molecule has 1 rings (SSSR count). The maximum atomic E-state index is 2.55. The third-order valence-corrected chi connectivity index (χ3v) is 6.19. The first-order valence-electron chi connectivity index (χ1n) is 12.9. The summed E-state index contributed by atoms with van der Waals surface area (Å²) in [6.07, 6.45) is 29.9. The Morgan fingerprint density at radius 3 is 1.57 bits per heavy atom. The second kappa shape index (κ2) is 18.3. The average molecular weight is 392 g/mol. The summed E-state index contributed by atoms with van der Waals surface area (Å²) in [6.45, 7) is 9.20. The second-order valence-corrected chi connectivity index (χ2v) is 8.75. The molecule has 0 aliphatic carbocycles. The first kappa shape index (κ1) is 25.2. The van der Waals surface area contributed by atoms with E-state index in [1.165, 1.54) is 122 Å². The molecular weight excluding hydrogens is 340 g/mol. The van der Waals surface area contributed by atoms with Gasteiger partial charge in [-0.1, -0.05) is 104 Å². The lowest BCUT2D eigenvalue weighted by Gasteiger charge is -2.05. The fourth-order valence-corrected chi connectivity index (χ4v) is 4.29. The standard InChI is InChI=1S/C26H51N2/c1-4-7-9-11-13-15-16-18-20-22-26-27(6-3)24-25-28(26)23-21-19-17-14-12-10-8-5-2/h24-25H,4-23H2,1-3H3/q+1. The van der Waals surface area contributed by atoms with Crippen LogP contribution in [0.1, 0.15) is 136 Å². The lowest BCUT2D eigenvalue weighted by atomic mass is 10.1. The van der Waals surface area contributed by atoms with Gasteiger partial charge in [0.25, 0.3) is 5.82 Å². The third-order valence-electron chi connectivity index (χ3n) is 6.19. The highest BCUT2D eigenvalue weighted by atomic mass is 15.1. The van der Waals surface area contributed by atoms with Gasteiger partial charge in [-0.05, 0) is 26.2 Å². The summed E-state index contributed by atoms with van der Waals surface area (Å²) in [5.41, 5.74) is 0. The SMILES string of the molecule is CCCCCCCCCCCc1n(CC)cc[n+]1CCCCCCCCCC. The highest BCUT2D eigenvalue weighted by molar-refractivity contribution is 4.83. The maximum Gasteiger partial charge on any atom is 0.256 e. The van der Waals surface area contributed by atoms with Gasteiger partial charge in [0.2, 0.25) is 0 Å². The van der Waals surface area contributed by atoms with Gasteiger partial charge in [0.15, 0.2) is 0 Å². The number of nitrogens with zero attached hydrogens (tertiary/aromatic N) is 2. The molecule has 28 heavy (non-hydrogen) atoms. The summed E-state index contributed by atoms with van der Waals surface area (Å²) in [5, 5.41) is 0. The largest absolute Gasteiger partial charge is 0.256 e. The second-order valence-electron chi connectivity index (χ2n) is 8.75. The molecule has 0 saturated carbocycles. The predicted octanol–water partition coefficient (Wildman–Crippen LogP) is 8.01. The van der Waals surface area contributed by atoms with Crippen LogP contribution in [0.25, 0.3) is 0 Å². The van der Waals surface area contributed by atoms with E-state index in [1.807, 2.05) is 0 Å². The summed E-state index contributed by atoms with van der Waals surface area (Å²) in [4.78, 5) is 0. The van der Waals surface area contributed by atoms with Crippen molar-refractivity contribution in [3.05, 3.63) is 18.2 Å². The molecular formula is C26H51N2+. The molecule has 164 valence electrons. The van der Waals surface area contributed by atoms with E-state index in [0.717, 1.165) is 6.54 Å². The van der Waals surface area contributed by atoms with Crippen LogP contribution in [-0.2, 0) is 19.5 Å². The normalized spacial score (nSPS) is 11.4. The van der Waals surface area contributed by atoms with Crippen molar-refractivity contribution in [3.8, 4) is 0 Å². The smallest absolute Gasteiger partial charge is 0.235 e. The van der Waals surface area contributed by atoms with E-state index < -0.39 is 0 Å². The summed E-state index contributed by atoms with van der Waals surface area (Å²) < 4.78 is 5.01. The predicted molar refractivity (Wildman–Crippen MR) is 124 cm³/mol. The minimum absolute atomic E-state index is 1.11. The van der Waals surface area contributed by atoms with E-state index >= 15 is 0 Å². The Balaban J connectivity index is 2.16. The number of unbranched alkanes of at least 4 members (excludes halogenated alkanes) is 15. The van der Waals surface area contributed by atoms with Crippen LogP contribution >= 0.6 is 0 Å². The number of imidazole rings is 1. The fraction of sp³-hybridized carbons (Fsp3) is 0.885. The zero-order valence-corrected chi connectivity index (χ0v) is 19.7. The minimum atomic E-state index is 1.11. The van der Waals surface area contributed by atoms with Crippen LogP contribution in [0.3, 0.4) is 0 Å². The Morgan fingerprint density at radius 1 is 0.607 bits per heavy atom. The van der Waals surface area contributed by atoms with Crippen molar-refractivity contribution in [2.75, 3.05) is 0 Å². The van der Waals surface area contributed by atoms with Gasteiger partial charge in [-0.2, -0.15) is 0 Å². The van der Waals surface area contributed by atoms with E-state index in [2.05, 4.69) is 42.3 Å². The molecule has 0 atom stereocenters. The summed E-state index contributed by atoms with van der Waals surface area (Å²) >= 11 is 0. The van der Waals surface area contributed by atoms with Gasteiger partial charge in [-0.3, -0.25) is 0 Å². The van der Waals surface area contributed by atoms with Crippen molar-refractivity contribution < 1.29 is 4.57 Å². The topological polar surface area (TPSA) is 8.81 Å². The molecule has 0 aliphatic heterocycles. The van der Waals surface area contributed by atoms with Crippen molar-refractivity contribution in [1.29, 1.82) is 0 Å². The first-order valence-corrected chi connectivity index (χ1v) is 12.9. The number of rotatable bonds is 20. The van der Waals surface area contributed by atoms with Crippen molar-refractivity contribution in [1.82, 2.24) is 4.57 Å². The van der Waals surface area contributed by atoms with E-state index in [9.17, 15) is 0 Å². The summed E-state index contributed by atoms with van der Waals surface area (Å²) in [6, 6.07) is 0. The molecule has 0 bridgehead atoms. The molecule has 0 radical (unpaired) electrons. The van der Waals surface area contributed by atoms with E-state index in [0.29, 0.717) is 0 Å². The average Bonchev–Trinajstić information content (AvgIpc) is 3.10. The van der Waals surface area contributed by atoms with Crippen LogP contribution < -0.4 is 4.57 Å². The van der Waals surface area contributed by atoms with E-state index in [1.54, 1.807) is 5.82 Å². The molecule has 2 nitrogen and oxygen atoms in total. The number of hydrogen-bond donors (Lipinski definition) is 0. The molecule has 1 aromatic rings. The lowest BCUT2D eigenvalue weighted by Crippen LogP contribution is -2.37. The minimum Gasteiger partial charge on any atom is -0.235 e. The van der Waals surface area contributed by atoms with E-state index in [4.69, 9.17) is 0 Å². The number of aromatic nitrogens is 2. The zero-order chi connectivity index (χ0) is 20.3. The Morgan fingerprint density at radius 2 is 1.07 bits per heavy atom. The van der Waals surface area contributed by atoms with Gasteiger partial charge < -0.3 is 0 Å². The van der Waals surface area contributed by atoms with Crippen LogP contribution in [-0.4, -0.2) is 4.57 Å². The fourth-order valence-electron chi connectivity index (χ4n) is 4.29. The van der Waals surface area contributed by atoms with Crippen LogP contribution in [0.15, 0.2) is 12.4 Å². The van der Waals surface area contributed by atoms with Crippen LogP contribution in [0, 0.1) is 0 Å². The molecule has 0 spiro atoms. The molecule has 0 aliphatic rings. The van der Waals surface area contributed by atoms with Gasteiger partial charge >= 0.3 is 0 Å². The molecule has 0 unspecified atom stereocenters. The zero-order valence-electron chi connectivity index (χ0n) is 19.7. The third kappa shape index (κ3) is 11.9. The Hall–Kier alpha value is -0.790. The first-order chi connectivity index (χ1) is 13.8. The van der Waals surface area contributed by atoms with Crippen molar-refractivity contribution in [2.24, 2.45) is 0 Å². The summed E-state index contributed by atoms with van der Waals surface area (Å²) in [5.74, 6) is 1.56. The van der Waals surface area contributed by atoms with Gasteiger partial charge in [0.1, 0.15) is 12.4 Å². The monoisotopic (exact) mass is 391 g/mol. The van der Waals surface area contributed by atoms with Crippen molar-refractivity contribution in [2.45, 2.75) is 149 Å². The van der Waals surface area contributed by atoms with Gasteiger partial charge in [-0.15, -0.1) is 0 Å². The highest BCUT2D eigenvalue weighted by Crippen LogP contribution is 2.12. The maximum absolute atomic E-state index is 2.55. The molecule has 0 N–H and O–H groups in total. The van der Waals surface area contributed by atoms with Crippen LogP contribution in [0.4, 0.5) is 0 Å². The molecule has 2 heteroatoms. The van der Waals surface area contributed by atoms with Crippen LogP contribution in [0.2, 0.25) is 0 Å². The summed E-state index contributed by atoms with van der Waals surface area (Å²) in [7, 11) is 0. The number of aryl methyl sites for hydroxylation is 2. The van der Waals surface area contributed by atoms with E-state index in [-0.39, 0.29) is 0 Å². The van der Waals surface area contributed by atoms with Crippen molar-refractivity contribution in [3.63, 3.8) is 0 Å². The lowest BCUT2D eigenvalue weighted by molar-refractivity contribution is -0.704. The Labute approximate surface area is 177 Å². The highest BCUT2D eigenvalue weighted by Gasteiger charge is 2.15. The van der Waals surface area contributed by atoms with Crippen molar-refractivity contribution >= 4 is 0 Å². The molecule has 0 fully saturated rings. The number of hydrogen-bond acceptors (Lipinski definition) is 0. The molecule has 0 aromatic carbocycles. The quantitative estimate of drug-likeness (QED) is 0.157. The van der Waals surface area contributed by atoms with Crippen LogP contribution in [0.5, 0.6) is 0 Å². The Bertz CT molecular complexity index is 449. The Kier molecular flexibility index (Phi) is 16.5. The molecule has 1 aromatic heterocycles. The molecule has 0 amide bonds. The molecule has 0 saturated heterocycles. The van der Waals surface area contributed by atoms with Gasteiger partial charge in [-0.25, -0.2) is 9.13 Å².